The Labute approximate surface area is 128 Å². The van der Waals surface area contributed by atoms with Crippen molar-refractivity contribution < 1.29 is 9.50 Å². The summed E-state index contributed by atoms with van der Waals surface area (Å²) in [5, 5.41) is 13.6. The second kappa shape index (κ2) is 6.87. The molecule has 1 aliphatic heterocycles. The highest BCUT2D eigenvalue weighted by molar-refractivity contribution is 9.10. The zero-order valence-corrected chi connectivity index (χ0v) is 13.6. The van der Waals surface area contributed by atoms with E-state index in [1.807, 2.05) is 0 Å². The van der Waals surface area contributed by atoms with Crippen LogP contribution in [0, 0.1) is 11.7 Å². The lowest BCUT2D eigenvalue weighted by Crippen LogP contribution is -2.45. The molecule has 1 heterocycles. The molecule has 1 saturated heterocycles. The van der Waals surface area contributed by atoms with Crippen LogP contribution in [0.4, 0.5) is 4.39 Å². The summed E-state index contributed by atoms with van der Waals surface area (Å²) in [6.45, 7) is 8.02. The summed E-state index contributed by atoms with van der Waals surface area (Å²) in [4.78, 5) is 2.33. The van der Waals surface area contributed by atoms with E-state index in [0.717, 1.165) is 32.6 Å². The maximum atomic E-state index is 13.7. The van der Waals surface area contributed by atoms with Gasteiger partial charge in [0, 0.05) is 37.8 Å². The molecule has 0 spiro atoms. The summed E-state index contributed by atoms with van der Waals surface area (Å²) in [7, 11) is 0. The zero-order chi connectivity index (χ0) is 14.7. The molecule has 0 aliphatic carbocycles. The van der Waals surface area contributed by atoms with Crippen molar-refractivity contribution in [3.8, 4) is 5.75 Å². The fraction of sp³-hybridized carbons (Fsp3) is 0.600. The van der Waals surface area contributed by atoms with Gasteiger partial charge in [-0.2, -0.15) is 0 Å². The minimum absolute atomic E-state index is 0.0594. The molecule has 1 fully saturated rings. The number of hydrogen-bond donors (Lipinski definition) is 2. The molecule has 3 nitrogen and oxygen atoms in total. The van der Waals surface area contributed by atoms with Gasteiger partial charge in [0.05, 0.1) is 4.47 Å². The summed E-state index contributed by atoms with van der Waals surface area (Å²) in [6.07, 6.45) is 0.906. The average Bonchev–Trinajstić information content (AvgIpc) is 2.41. The van der Waals surface area contributed by atoms with Crippen LogP contribution in [0.1, 0.15) is 31.9 Å². The molecule has 2 N–H and O–H groups in total. The number of nitrogens with one attached hydrogen (secondary N) is 1. The van der Waals surface area contributed by atoms with Gasteiger partial charge < -0.3 is 10.4 Å². The van der Waals surface area contributed by atoms with E-state index in [9.17, 15) is 9.50 Å². The van der Waals surface area contributed by atoms with Crippen LogP contribution >= 0.6 is 15.9 Å². The van der Waals surface area contributed by atoms with Crippen LogP contribution < -0.4 is 5.32 Å². The Morgan fingerprint density at radius 1 is 1.35 bits per heavy atom. The molecular formula is C15H22BrFN2O. The topological polar surface area (TPSA) is 35.5 Å². The lowest BCUT2D eigenvalue weighted by molar-refractivity contribution is 0.151. The Kier molecular flexibility index (Phi) is 5.41. The number of halogens is 2. The van der Waals surface area contributed by atoms with Crippen LogP contribution in [0.2, 0.25) is 0 Å². The van der Waals surface area contributed by atoms with Crippen LogP contribution in [0.3, 0.4) is 0 Å². The average molecular weight is 345 g/mol. The molecule has 1 aromatic rings. The summed E-state index contributed by atoms with van der Waals surface area (Å²) >= 11 is 3.23. The number of phenolic OH excluding ortho intramolecular Hbond substituents is 1. The zero-order valence-electron chi connectivity index (χ0n) is 12.0. The fourth-order valence-corrected chi connectivity index (χ4v) is 3.20. The van der Waals surface area contributed by atoms with Gasteiger partial charge in [0.2, 0.25) is 0 Å². The number of rotatable bonds is 4. The third-order valence-corrected chi connectivity index (χ3v) is 4.31. The molecule has 20 heavy (non-hydrogen) atoms. The van der Waals surface area contributed by atoms with Gasteiger partial charge in [-0.1, -0.05) is 13.8 Å². The first-order valence-corrected chi connectivity index (χ1v) is 7.91. The normalized spacial score (nSPS) is 18.4. The summed E-state index contributed by atoms with van der Waals surface area (Å²) in [5.41, 5.74) is 0.687. The Morgan fingerprint density at radius 3 is 2.60 bits per heavy atom. The van der Waals surface area contributed by atoms with Crippen molar-refractivity contribution in [3.05, 3.63) is 28.0 Å². The van der Waals surface area contributed by atoms with Crippen LogP contribution in [-0.2, 0) is 0 Å². The molecule has 1 aliphatic rings. The second-order valence-corrected chi connectivity index (χ2v) is 6.61. The number of phenols is 1. The first kappa shape index (κ1) is 15.7. The smallest absolute Gasteiger partial charge is 0.134 e. The maximum absolute atomic E-state index is 13.7. The number of benzene rings is 1. The van der Waals surface area contributed by atoms with E-state index in [1.165, 1.54) is 12.1 Å². The molecule has 0 bridgehead atoms. The highest BCUT2D eigenvalue weighted by Gasteiger charge is 2.26. The Morgan fingerprint density at radius 2 is 2.00 bits per heavy atom. The summed E-state index contributed by atoms with van der Waals surface area (Å²) in [6, 6.07) is 2.84. The third kappa shape index (κ3) is 3.71. The van der Waals surface area contributed by atoms with Crippen molar-refractivity contribution in [1.82, 2.24) is 10.2 Å². The maximum Gasteiger partial charge on any atom is 0.134 e. The van der Waals surface area contributed by atoms with E-state index in [2.05, 4.69) is 40.0 Å². The molecule has 1 aromatic carbocycles. The summed E-state index contributed by atoms with van der Waals surface area (Å²) in [5.74, 6) is 0.334. The lowest BCUT2D eigenvalue weighted by atomic mass is 9.94. The molecule has 112 valence electrons. The largest absolute Gasteiger partial charge is 0.506 e. The van der Waals surface area contributed by atoms with Crippen molar-refractivity contribution in [1.29, 1.82) is 0 Å². The van der Waals surface area contributed by atoms with E-state index >= 15 is 0 Å². The van der Waals surface area contributed by atoms with Gasteiger partial charge in [-0.15, -0.1) is 0 Å². The Bertz CT molecular complexity index is 461. The highest BCUT2D eigenvalue weighted by atomic mass is 79.9. The molecule has 0 radical (unpaired) electrons. The van der Waals surface area contributed by atoms with Crippen molar-refractivity contribution in [3.63, 3.8) is 0 Å². The van der Waals surface area contributed by atoms with Gasteiger partial charge in [-0.05, 0) is 40.4 Å². The molecular weight excluding hydrogens is 323 g/mol. The standard InChI is InChI=1S/C15H22BrFN2O/c1-10(2)7-14(19-5-3-18-4-6-19)12-8-11(17)9-13(16)15(12)20/h8-10,14,18,20H,3-7H2,1-2H3/t14-/m1/s1. The molecule has 0 unspecified atom stereocenters. The van der Waals surface area contributed by atoms with Gasteiger partial charge in [0.15, 0.2) is 0 Å². The second-order valence-electron chi connectivity index (χ2n) is 5.76. The number of piperazine rings is 1. The van der Waals surface area contributed by atoms with Crippen LogP contribution in [-0.4, -0.2) is 36.2 Å². The predicted molar refractivity (Wildman–Crippen MR) is 82.4 cm³/mol. The van der Waals surface area contributed by atoms with Crippen molar-refractivity contribution in [2.45, 2.75) is 26.3 Å². The fourth-order valence-electron chi connectivity index (χ4n) is 2.75. The highest BCUT2D eigenvalue weighted by Crippen LogP contribution is 2.38. The van der Waals surface area contributed by atoms with E-state index < -0.39 is 0 Å². The van der Waals surface area contributed by atoms with Crippen LogP contribution in [0.15, 0.2) is 16.6 Å². The van der Waals surface area contributed by atoms with Crippen molar-refractivity contribution in [2.75, 3.05) is 26.2 Å². The first-order chi connectivity index (χ1) is 9.49. The van der Waals surface area contributed by atoms with E-state index in [-0.39, 0.29) is 17.6 Å². The molecule has 2 rings (SSSR count). The van der Waals surface area contributed by atoms with Gasteiger partial charge in [0.25, 0.3) is 0 Å². The van der Waals surface area contributed by atoms with Gasteiger partial charge in [0.1, 0.15) is 11.6 Å². The van der Waals surface area contributed by atoms with Crippen LogP contribution in [0.5, 0.6) is 5.75 Å². The number of hydrogen-bond acceptors (Lipinski definition) is 3. The van der Waals surface area contributed by atoms with E-state index in [0.29, 0.717) is 16.0 Å². The number of nitrogens with zero attached hydrogens (tertiary/aromatic N) is 1. The minimum Gasteiger partial charge on any atom is -0.506 e. The van der Waals surface area contributed by atoms with E-state index in [4.69, 9.17) is 0 Å². The minimum atomic E-state index is -0.312. The Hall–Kier alpha value is -0.650. The molecule has 0 saturated carbocycles. The predicted octanol–water partition coefficient (Wildman–Crippen LogP) is 3.29. The molecule has 5 heteroatoms. The van der Waals surface area contributed by atoms with Crippen molar-refractivity contribution >= 4 is 15.9 Å². The molecule has 0 amide bonds. The Balaban J connectivity index is 2.34. The SMILES string of the molecule is CC(C)C[C@H](c1cc(F)cc(Br)c1O)N1CCNCC1. The van der Waals surface area contributed by atoms with E-state index in [1.54, 1.807) is 0 Å². The van der Waals surface area contributed by atoms with Crippen LogP contribution in [0.25, 0.3) is 0 Å². The monoisotopic (exact) mass is 344 g/mol. The third-order valence-electron chi connectivity index (χ3n) is 3.70. The van der Waals surface area contributed by atoms with Crippen molar-refractivity contribution in [2.24, 2.45) is 5.92 Å². The van der Waals surface area contributed by atoms with Gasteiger partial charge in [-0.25, -0.2) is 4.39 Å². The molecule has 1 atom stereocenters. The lowest BCUT2D eigenvalue weighted by Gasteiger charge is -2.36. The first-order valence-electron chi connectivity index (χ1n) is 7.11. The quantitative estimate of drug-likeness (QED) is 0.879. The van der Waals surface area contributed by atoms with Gasteiger partial charge >= 0.3 is 0 Å². The summed E-state index contributed by atoms with van der Waals surface area (Å²) < 4.78 is 14.1. The molecule has 0 aromatic heterocycles. The van der Waals surface area contributed by atoms with Gasteiger partial charge in [-0.3, -0.25) is 4.90 Å². The number of aromatic hydroxyl groups is 1.